The van der Waals surface area contributed by atoms with Crippen LogP contribution >= 0.6 is 22.9 Å². The van der Waals surface area contributed by atoms with Crippen LogP contribution in [0.2, 0.25) is 0 Å². The van der Waals surface area contributed by atoms with E-state index in [2.05, 4.69) is 10.1 Å². The molecule has 0 spiro atoms. The van der Waals surface area contributed by atoms with Gasteiger partial charge in [-0.1, -0.05) is 48.0 Å². The molecule has 1 aromatic carbocycles. The molecule has 26 heavy (non-hydrogen) atoms. The molecule has 0 bridgehead atoms. The third-order valence-corrected chi connectivity index (χ3v) is 4.88. The summed E-state index contributed by atoms with van der Waals surface area (Å²) < 4.78 is 0. The summed E-state index contributed by atoms with van der Waals surface area (Å²) in [5.74, 6) is -0.981. The van der Waals surface area contributed by atoms with Crippen molar-refractivity contribution in [3.8, 4) is 0 Å². The van der Waals surface area contributed by atoms with Crippen molar-refractivity contribution in [2.24, 2.45) is 5.10 Å². The lowest BCUT2D eigenvalue weighted by molar-refractivity contribution is 0.0697. The van der Waals surface area contributed by atoms with Crippen LogP contribution in [0.25, 0.3) is 5.57 Å². The van der Waals surface area contributed by atoms with Gasteiger partial charge >= 0.3 is 5.97 Å². The molecule has 0 fully saturated rings. The average Bonchev–Trinajstić information content (AvgIpc) is 3.03. The molecule has 0 unspecified atom stereocenters. The lowest BCUT2D eigenvalue weighted by Gasteiger charge is -2.08. The van der Waals surface area contributed by atoms with Crippen LogP contribution in [0.1, 0.15) is 28.0 Å². The Kier molecular flexibility index (Phi) is 5.65. The van der Waals surface area contributed by atoms with Gasteiger partial charge in [0, 0.05) is 29.4 Å². The molecule has 5 nitrogen and oxygen atoms in total. The second-order valence-electron chi connectivity index (χ2n) is 5.51. The number of hydrogen-bond acceptors (Lipinski definition) is 5. The molecule has 7 heteroatoms. The second-order valence-corrected chi connectivity index (χ2v) is 6.83. The van der Waals surface area contributed by atoms with Crippen LogP contribution in [-0.4, -0.2) is 29.3 Å². The average molecular weight is 386 g/mol. The molecule has 1 aliphatic carbocycles. The van der Waals surface area contributed by atoms with E-state index < -0.39 is 5.97 Å². The van der Waals surface area contributed by atoms with E-state index in [4.69, 9.17) is 11.6 Å². The summed E-state index contributed by atoms with van der Waals surface area (Å²) in [4.78, 5) is 15.9. The number of carbonyl (C=O) groups is 1. The molecule has 132 valence electrons. The normalized spacial score (nSPS) is 14.1. The molecule has 1 N–H and O–H groups in total. The van der Waals surface area contributed by atoms with Crippen LogP contribution in [0.4, 0.5) is 5.13 Å². The van der Waals surface area contributed by atoms with Crippen molar-refractivity contribution < 1.29 is 9.90 Å². The standard InChI is InChI=1S/C19H16ClN3O2S/c1-23(21-11-14-5-2-3-8-16(14)18(24)25)19-22-17(12-26-19)13-6-4-7-15(20)10-9-13/h2-9,11-12H,10H2,1H3,(H,24,25)/b21-11+. The fourth-order valence-corrected chi connectivity index (χ4v) is 3.24. The summed E-state index contributed by atoms with van der Waals surface area (Å²) in [6, 6.07) is 6.73. The Labute approximate surface area is 160 Å². The minimum Gasteiger partial charge on any atom is -0.478 e. The van der Waals surface area contributed by atoms with Gasteiger partial charge in [-0.15, -0.1) is 11.3 Å². The van der Waals surface area contributed by atoms with Gasteiger partial charge in [-0.25, -0.2) is 14.8 Å². The number of allylic oxidation sites excluding steroid dienone is 6. The van der Waals surface area contributed by atoms with Crippen LogP contribution in [-0.2, 0) is 0 Å². The monoisotopic (exact) mass is 385 g/mol. The predicted molar refractivity (Wildman–Crippen MR) is 107 cm³/mol. The molecule has 1 heterocycles. The second kappa shape index (κ2) is 8.12. The number of aromatic nitrogens is 1. The van der Waals surface area contributed by atoms with Gasteiger partial charge in [0.05, 0.1) is 17.5 Å². The van der Waals surface area contributed by atoms with E-state index >= 15 is 0 Å². The fourth-order valence-electron chi connectivity index (χ4n) is 2.34. The van der Waals surface area contributed by atoms with Gasteiger partial charge in [-0.05, 0) is 17.7 Å². The molecule has 0 saturated heterocycles. The van der Waals surface area contributed by atoms with Crippen molar-refractivity contribution >= 4 is 45.8 Å². The molecular weight excluding hydrogens is 370 g/mol. The zero-order chi connectivity index (χ0) is 18.5. The maximum absolute atomic E-state index is 11.3. The number of anilines is 1. The van der Waals surface area contributed by atoms with Gasteiger partial charge < -0.3 is 5.11 Å². The largest absolute Gasteiger partial charge is 0.478 e. The molecule has 0 atom stereocenters. The highest BCUT2D eigenvalue weighted by molar-refractivity contribution is 7.13. The maximum atomic E-state index is 11.3. The first kappa shape index (κ1) is 18.1. The third kappa shape index (κ3) is 4.28. The van der Waals surface area contributed by atoms with Crippen molar-refractivity contribution in [2.75, 3.05) is 12.1 Å². The summed E-state index contributed by atoms with van der Waals surface area (Å²) in [5.41, 5.74) is 2.61. The number of thiazole rings is 1. The van der Waals surface area contributed by atoms with Gasteiger partial charge in [-0.2, -0.15) is 5.10 Å². The minimum absolute atomic E-state index is 0.211. The summed E-state index contributed by atoms with van der Waals surface area (Å²) in [6.45, 7) is 0. The van der Waals surface area contributed by atoms with E-state index in [1.165, 1.54) is 17.6 Å². The van der Waals surface area contributed by atoms with Crippen molar-refractivity contribution in [3.63, 3.8) is 0 Å². The molecule has 0 radical (unpaired) electrons. The summed E-state index contributed by atoms with van der Waals surface area (Å²) in [6.07, 6.45) is 9.99. The molecule has 1 aliphatic rings. The Morgan fingerprint density at radius 3 is 3.04 bits per heavy atom. The van der Waals surface area contributed by atoms with E-state index in [9.17, 15) is 9.90 Å². The van der Waals surface area contributed by atoms with Crippen molar-refractivity contribution in [1.29, 1.82) is 0 Å². The van der Waals surface area contributed by atoms with Crippen molar-refractivity contribution in [1.82, 2.24) is 4.98 Å². The van der Waals surface area contributed by atoms with E-state index in [1.54, 1.807) is 36.3 Å². The molecule has 0 saturated carbocycles. The number of rotatable bonds is 5. The predicted octanol–water partition coefficient (Wildman–Crippen LogP) is 4.78. The number of carboxylic acid groups (broad SMARTS) is 1. The molecule has 3 rings (SSSR count). The highest BCUT2D eigenvalue weighted by Gasteiger charge is 2.10. The molecule has 0 aliphatic heterocycles. The molecule has 1 aromatic heterocycles. The molecular formula is C19H16ClN3O2S. The number of hydrazone groups is 1. The Hall–Kier alpha value is -2.70. The van der Waals surface area contributed by atoms with Crippen LogP contribution < -0.4 is 5.01 Å². The van der Waals surface area contributed by atoms with Crippen LogP contribution in [0.5, 0.6) is 0 Å². The van der Waals surface area contributed by atoms with E-state index in [1.807, 2.05) is 29.7 Å². The Balaban J connectivity index is 1.77. The summed E-state index contributed by atoms with van der Waals surface area (Å²) in [7, 11) is 1.78. The van der Waals surface area contributed by atoms with Crippen LogP contribution in [0, 0.1) is 0 Å². The smallest absolute Gasteiger partial charge is 0.336 e. The van der Waals surface area contributed by atoms with Gasteiger partial charge in [0.25, 0.3) is 0 Å². The van der Waals surface area contributed by atoms with E-state index in [0.717, 1.165) is 16.3 Å². The molecule has 2 aromatic rings. The quantitative estimate of drug-likeness (QED) is 0.594. The van der Waals surface area contributed by atoms with Gasteiger partial charge in [-0.3, -0.25) is 0 Å². The number of hydrogen-bond donors (Lipinski definition) is 1. The van der Waals surface area contributed by atoms with E-state index in [0.29, 0.717) is 17.1 Å². The highest BCUT2D eigenvalue weighted by atomic mass is 35.5. The number of aromatic carboxylic acids is 1. The van der Waals surface area contributed by atoms with Gasteiger partial charge in [0.15, 0.2) is 0 Å². The van der Waals surface area contributed by atoms with Gasteiger partial charge in [0.1, 0.15) is 0 Å². The number of benzene rings is 1. The maximum Gasteiger partial charge on any atom is 0.336 e. The Morgan fingerprint density at radius 2 is 2.23 bits per heavy atom. The third-order valence-electron chi connectivity index (χ3n) is 3.70. The van der Waals surface area contributed by atoms with Crippen molar-refractivity contribution in [3.05, 3.63) is 75.8 Å². The number of nitrogens with zero attached hydrogens (tertiary/aromatic N) is 3. The lowest BCUT2D eigenvalue weighted by Crippen LogP contribution is -2.10. The van der Waals surface area contributed by atoms with Crippen LogP contribution in [0.3, 0.4) is 0 Å². The number of halogens is 1. The first-order valence-electron chi connectivity index (χ1n) is 7.83. The Morgan fingerprint density at radius 1 is 1.42 bits per heavy atom. The lowest BCUT2D eigenvalue weighted by atomic mass is 10.1. The Bertz CT molecular complexity index is 944. The fraction of sp³-hybridized carbons (Fsp3) is 0.105. The highest BCUT2D eigenvalue weighted by Crippen LogP contribution is 2.27. The van der Waals surface area contributed by atoms with Crippen LogP contribution in [0.15, 0.2) is 64.1 Å². The molecule has 0 amide bonds. The summed E-state index contributed by atoms with van der Waals surface area (Å²) in [5, 5.41) is 18.6. The topological polar surface area (TPSA) is 65.8 Å². The zero-order valence-corrected chi connectivity index (χ0v) is 15.5. The summed E-state index contributed by atoms with van der Waals surface area (Å²) >= 11 is 7.51. The minimum atomic E-state index is -0.981. The van der Waals surface area contributed by atoms with E-state index in [-0.39, 0.29) is 5.56 Å². The SMILES string of the molecule is CN(/N=C/c1ccccc1C(=O)O)c1nc(C2=CCC(Cl)=CC=C2)cs1. The van der Waals surface area contributed by atoms with Crippen molar-refractivity contribution in [2.45, 2.75) is 6.42 Å². The number of carboxylic acids is 1. The first-order valence-corrected chi connectivity index (χ1v) is 9.09. The van der Waals surface area contributed by atoms with Gasteiger partial charge in [0.2, 0.25) is 5.13 Å². The first-order chi connectivity index (χ1) is 12.5. The zero-order valence-electron chi connectivity index (χ0n) is 14.0.